The van der Waals surface area contributed by atoms with Gasteiger partial charge in [0.15, 0.2) is 4.33 Å². The van der Waals surface area contributed by atoms with Crippen molar-refractivity contribution in [3.05, 3.63) is 10.1 Å². The van der Waals surface area contributed by atoms with Crippen LogP contribution in [0.25, 0.3) is 0 Å². The summed E-state index contributed by atoms with van der Waals surface area (Å²) in [5.41, 5.74) is 0. The van der Waals surface area contributed by atoms with E-state index in [9.17, 15) is 0 Å². The van der Waals surface area contributed by atoms with Gasteiger partial charge in [-0.2, -0.15) is 0 Å². The zero-order valence-corrected chi connectivity index (χ0v) is 12.4. The summed E-state index contributed by atoms with van der Waals surface area (Å²) in [6, 6.07) is 0. The summed E-state index contributed by atoms with van der Waals surface area (Å²) in [5.74, 6) is 0.0860. The predicted octanol–water partition coefficient (Wildman–Crippen LogP) is 5.08. The monoisotopic (exact) mass is 346 g/mol. The fraction of sp³-hybridized carbons (Fsp3) is 0.750. The Labute approximate surface area is 123 Å². The Hall–Kier alpha value is 1.77. The average Bonchev–Trinajstić information content (AvgIpc) is 2.39. The van der Waals surface area contributed by atoms with Gasteiger partial charge in [0.25, 0.3) is 0 Å². The van der Waals surface area contributed by atoms with Gasteiger partial charge in [0.2, 0.25) is 0 Å². The van der Waals surface area contributed by atoms with E-state index in [-0.39, 0.29) is 21.9 Å². The lowest BCUT2D eigenvalue weighted by atomic mass is 9.94. The summed E-state index contributed by atoms with van der Waals surface area (Å²) >= 11 is 43.0. The van der Waals surface area contributed by atoms with Gasteiger partial charge in [-0.1, -0.05) is 46.4 Å². The van der Waals surface area contributed by atoms with Gasteiger partial charge in [-0.3, -0.25) is 0 Å². The highest BCUT2D eigenvalue weighted by Gasteiger charge is 2.77. The van der Waals surface area contributed by atoms with Crippen LogP contribution in [0.15, 0.2) is 10.1 Å². The van der Waals surface area contributed by atoms with Crippen LogP contribution in [0.2, 0.25) is 0 Å². The zero-order chi connectivity index (χ0) is 11.6. The minimum Gasteiger partial charge on any atom is -0.126 e. The Kier molecular flexibility index (Phi) is 3.20. The summed E-state index contributed by atoms with van der Waals surface area (Å²) in [4.78, 5) is -2.31. The molecule has 0 nitrogen and oxygen atoms in total. The molecule has 0 aromatic carbocycles. The van der Waals surface area contributed by atoms with E-state index in [1.54, 1.807) is 0 Å². The molecule has 1 fully saturated rings. The first kappa shape index (κ1) is 13.2. The van der Waals surface area contributed by atoms with Crippen LogP contribution in [0.5, 0.6) is 0 Å². The lowest BCUT2D eigenvalue weighted by Crippen LogP contribution is -2.44. The van der Waals surface area contributed by atoms with Gasteiger partial charge in [0, 0.05) is 11.8 Å². The highest BCUT2D eigenvalue weighted by atomic mass is 35.5. The maximum Gasteiger partial charge on any atom is 0.166 e. The Morgan fingerprint density at radius 2 is 1.60 bits per heavy atom. The minimum atomic E-state index is -1.43. The number of hydrogen-bond acceptors (Lipinski definition) is 0. The highest BCUT2D eigenvalue weighted by Crippen LogP contribution is 2.74. The van der Waals surface area contributed by atoms with Crippen LogP contribution in [0, 0.1) is 5.92 Å². The smallest absolute Gasteiger partial charge is 0.126 e. The lowest BCUT2D eigenvalue weighted by Gasteiger charge is -2.33. The average molecular weight is 349 g/mol. The molecule has 1 saturated carbocycles. The molecule has 0 aliphatic heterocycles. The molecule has 15 heavy (non-hydrogen) atoms. The van der Waals surface area contributed by atoms with Crippen LogP contribution in [0.4, 0.5) is 0 Å². The van der Waals surface area contributed by atoms with E-state index in [1.165, 1.54) is 0 Å². The summed E-state index contributed by atoms with van der Waals surface area (Å²) in [6.07, 6.45) is 0.420. The second kappa shape index (κ2) is 3.63. The van der Waals surface area contributed by atoms with Crippen molar-refractivity contribution in [2.75, 3.05) is 5.88 Å². The van der Waals surface area contributed by atoms with Crippen LogP contribution in [0.1, 0.15) is 6.42 Å². The highest BCUT2D eigenvalue weighted by molar-refractivity contribution is 6.65. The third-order valence-electron chi connectivity index (χ3n) is 3.09. The summed E-state index contributed by atoms with van der Waals surface area (Å²) in [6.45, 7) is 0. The number of allylic oxidation sites excluding steroid dienone is 2. The molecule has 2 rings (SSSR count). The Morgan fingerprint density at radius 1 is 1.07 bits per heavy atom. The molecule has 0 aromatic heterocycles. The molecule has 0 amide bonds. The van der Waals surface area contributed by atoms with Crippen molar-refractivity contribution >= 4 is 81.2 Å². The molecule has 2 aliphatic carbocycles. The maximum absolute atomic E-state index is 6.38. The van der Waals surface area contributed by atoms with Crippen molar-refractivity contribution in [2.45, 2.75) is 20.5 Å². The lowest BCUT2D eigenvalue weighted by molar-refractivity contribution is 0.516. The molecular weight excluding hydrogens is 344 g/mol. The Bertz CT molecular complexity index is 349. The van der Waals surface area contributed by atoms with Crippen molar-refractivity contribution in [1.82, 2.24) is 0 Å². The van der Waals surface area contributed by atoms with Crippen LogP contribution < -0.4 is 0 Å². The van der Waals surface area contributed by atoms with Gasteiger partial charge in [-0.15, -0.1) is 34.8 Å². The number of halogens is 7. The molecule has 0 radical (unpaired) electrons. The van der Waals surface area contributed by atoms with Gasteiger partial charge in [0.05, 0.1) is 10.1 Å². The molecule has 0 spiro atoms. The van der Waals surface area contributed by atoms with Crippen LogP contribution in [-0.4, -0.2) is 20.0 Å². The predicted molar refractivity (Wildman–Crippen MR) is 69.2 cm³/mol. The third kappa shape index (κ3) is 1.26. The number of rotatable bonds is 1. The quantitative estimate of drug-likeness (QED) is 0.580. The number of hydrogen-bond donors (Lipinski definition) is 0. The normalized spacial score (nSPS) is 47.8. The molecule has 2 aliphatic rings. The first-order chi connectivity index (χ1) is 6.73. The molecule has 86 valence electrons. The summed E-state index contributed by atoms with van der Waals surface area (Å²) in [7, 11) is 0. The molecule has 3 atom stereocenters. The first-order valence-electron chi connectivity index (χ1n) is 4.11. The second-order valence-corrected chi connectivity index (χ2v) is 7.40. The topological polar surface area (TPSA) is 0 Å². The van der Waals surface area contributed by atoms with Crippen molar-refractivity contribution in [1.29, 1.82) is 0 Å². The second-order valence-electron chi connectivity index (χ2n) is 3.77. The molecule has 0 N–H and O–H groups in total. The van der Waals surface area contributed by atoms with Crippen LogP contribution in [0.3, 0.4) is 0 Å². The van der Waals surface area contributed by atoms with Crippen LogP contribution >= 0.6 is 81.2 Å². The fourth-order valence-corrected chi connectivity index (χ4v) is 5.46. The van der Waals surface area contributed by atoms with Crippen molar-refractivity contribution < 1.29 is 0 Å². The Balaban J connectivity index is 2.65. The minimum absolute atomic E-state index is 0.191. The first-order valence-corrected chi connectivity index (χ1v) is 6.91. The van der Waals surface area contributed by atoms with Gasteiger partial charge in [-0.05, 0) is 6.42 Å². The molecule has 0 saturated heterocycles. The van der Waals surface area contributed by atoms with E-state index in [0.29, 0.717) is 6.42 Å². The van der Waals surface area contributed by atoms with E-state index in [2.05, 4.69) is 0 Å². The van der Waals surface area contributed by atoms with E-state index < -0.39 is 14.1 Å². The SMILES string of the molecule is ClCC1CC2(Cl)C(Cl)=C(Cl)C1(Cl)C2(Cl)Cl. The molecule has 2 bridgehead atoms. The number of alkyl halides is 5. The summed E-state index contributed by atoms with van der Waals surface area (Å²) < 4.78 is -1.43. The van der Waals surface area contributed by atoms with E-state index >= 15 is 0 Å². The molecule has 3 unspecified atom stereocenters. The molecular formula is C8H5Cl7. The van der Waals surface area contributed by atoms with Crippen molar-refractivity contribution in [3.63, 3.8) is 0 Å². The fourth-order valence-electron chi connectivity index (χ4n) is 2.19. The third-order valence-corrected chi connectivity index (χ3v) is 7.79. The van der Waals surface area contributed by atoms with Crippen molar-refractivity contribution in [2.24, 2.45) is 5.92 Å². The van der Waals surface area contributed by atoms with Gasteiger partial charge in [-0.25, -0.2) is 0 Å². The molecule has 7 heteroatoms. The van der Waals surface area contributed by atoms with Crippen LogP contribution in [-0.2, 0) is 0 Å². The number of fused-ring (bicyclic) bond motifs is 2. The summed E-state index contributed by atoms with van der Waals surface area (Å²) in [5, 5.41) is 0.440. The van der Waals surface area contributed by atoms with Gasteiger partial charge in [0.1, 0.15) is 9.75 Å². The largest absolute Gasteiger partial charge is 0.166 e. The zero-order valence-electron chi connectivity index (χ0n) is 7.14. The van der Waals surface area contributed by atoms with Crippen molar-refractivity contribution in [3.8, 4) is 0 Å². The van der Waals surface area contributed by atoms with E-state index in [1.807, 2.05) is 0 Å². The maximum atomic E-state index is 6.38. The van der Waals surface area contributed by atoms with Gasteiger partial charge >= 0.3 is 0 Å². The molecule has 0 aromatic rings. The van der Waals surface area contributed by atoms with Gasteiger partial charge < -0.3 is 0 Å². The standard InChI is InChI=1S/C8H5Cl7/c9-2-3-1-6(12)4(10)5(11)7(3,13)8(6,14)15/h3H,1-2H2. The van der Waals surface area contributed by atoms with E-state index in [0.717, 1.165) is 0 Å². The van der Waals surface area contributed by atoms with E-state index in [4.69, 9.17) is 81.2 Å². The Morgan fingerprint density at radius 3 is 1.93 bits per heavy atom. The molecule has 0 heterocycles.